The summed E-state index contributed by atoms with van der Waals surface area (Å²) in [6, 6.07) is -0.247. The van der Waals surface area contributed by atoms with Crippen LogP contribution >= 0.6 is 0 Å². The van der Waals surface area contributed by atoms with Gasteiger partial charge in [-0.3, -0.25) is 0 Å². The molecule has 1 unspecified atom stereocenters. The van der Waals surface area contributed by atoms with Crippen LogP contribution in [0.25, 0.3) is 0 Å². The maximum absolute atomic E-state index is 11.6. The van der Waals surface area contributed by atoms with E-state index >= 15 is 0 Å². The molecule has 2 amide bonds. The van der Waals surface area contributed by atoms with Crippen molar-refractivity contribution in [3.8, 4) is 0 Å². The number of carbonyl (C=O) groups is 1. The predicted molar refractivity (Wildman–Crippen MR) is 62.1 cm³/mol. The molecule has 6 nitrogen and oxygen atoms in total. The molecule has 1 aliphatic rings. The number of hydrogen-bond donors (Lipinski definition) is 3. The van der Waals surface area contributed by atoms with Gasteiger partial charge < -0.3 is 16.0 Å². The lowest BCUT2D eigenvalue weighted by Crippen LogP contribution is -2.46. The van der Waals surface area contributed by atoms with Crippen molar-refractivity contribution in [2.45, 2.75) is 18.6 Å². The first-order chi connectivity index (χ1) is 7.56. The Labute approximate surface area is 96.1 Å². The molecule has 1 heterocycles. The minimum Gasteiger partial charge on any atom is -0.338 e. The van der Waals surface area contributed by atoms with Gasteiger partial charge in [-0.05, 0) is 13.3 Å². The molecule has 1 fully saturated rings. The molecule has 1 saturated heterocycles. The fourth-order valence-electron chi connectivity index (χ4n) is 1.62. The maximum Gasteiger partial charge on any atom is 0.314 e. The summed E-state index contributed by atoms with van der Waals surface area (Å²) >= 11 is 0. The van der Waals surface area contributed by atoms with Crippen molar-refractivity contribution >= 4 is 15.9 Å². The highest BCUT2D eigenvalue weighted by Gasteiger charge is 2.27. The zero-order valence-electron chi connectivity index (χ0n) is 9.45. The monoisotopic (exact) mass is 249 g/mol. The first-order valence-corrected chi connectivity index (χ1v) is 7.22. The van der Waals surface area contributed by atoms with Gasteiger partial charge in [-0.1, -0.05) is 0 Å². The van der Waals surface area contributed by atoms with Crippen molar-refractivity contribution in [1.29, 1.82) is 0 Å². The van der Waals surface area contributed by atoms with Crippen LogP contribution in [0.15, 0.2) is 0 Å². The van der Waals surface area contributed by atoms with Crippen molar-refractivity contribution in [3.63, 3.8) is 0 Å². The number of nitrogens with one attached hydrogen (secondary N) is 3. The molecule has 0 aromatic rings. The second-order valence-corrected chi connectivity index (χ2v) is 6.17. The Morgan fingerprint density at radius 1 is 1.44 bits per heavy atom. The fraction of sp³-hybridized carbons (Fsp3) is 0.889. The SMILES string of the molecule is CCNC(=O)NCCC1CNCCS1(=O)=O. The van der Waals surface area contributed by atoms with Gasteiger partial charge in [0.25, 0.3) is 0 Å². The Balaban J connectivity index is 2.29. The zero-order valence-corrected chi connectivity index (χ0v) is 10.3. The molecule has 1 rings (SSSR count). The molecule has 0 bridgehead atoms. The van der Waals surface area contributed by atoms with E-state index in [2.05, 4.69) is 16.0 Å². The molecule has 0 aromatic heterocycles. The Hall–Kier alpha value is -0.820. The molecular weight excluding hydrogens is 230 g/mol. The molecule has 0 radical (unpaired) electrons. The number of sulfone groups is 1. The molecule has 0 aromatic carbocycles. The Morgan fingerprint density at radius 3 is 2.81 bits per heavy atom. The zero-order chi connectivity index (χ0) is 12.0. The number of urea groups is 1. The van der Waals surface area contributed by atoms with Crippen molar-refractivity contribution in [2.75, 3.05) is 31.9 Å². The summed E-state index contributed by atoms with van der Waals surface area (Å²) in [7, 11) is -2.97. The van der Waals surface area contributed by atoms with Crippen molar-refractivity contribution in [1.82, 2.24) is 16.0 Å². The summed E-state index contributed by atoms with van der Waals surface area (Å²) in [5.41, 5.74) is 0. The van der Waals surface area contributed by atoms with E-state index < -0.39 is 9.84 Å². The van der Waals surface area contributed by atoms with Gasteiger partial charge in [0.15, 0.2) is 9.84 Å². The van der Waals surface area contributed by atoms with Gasteiger partial charge in [-0.2, -0.15) is 0 Å². The fourth-order valence-corrected chi connectivity index (χ4v) is 3.23. The lowest BCUT2D eigenvalue weighted by Gasteiger charge is -2.23. The van der Waals surface area contributed by atoms with Gasteiger partial charge in [0.2, 0.25) is 0 Å². The first-order valence-electron chi connectivity index (χ1n) is 5.50. The van der Waals surface area contributed by atoms with E-state index in [1.54, 1.807) is 0 Å². The molecule has 0 aliphatic carbocycles. The number of rotatable bonds is 4. The van der Waals surface area contributed by atoms with E-state index in [-0.39, 0.29) is 17.0 Å². The van der Waals surface area contributed by atoms with E-state index in [1.165, 1.54) is 0 Å². The minimum absolute atomic E-state index is 0.193. The van der Waals surface area contributed by atoms with E-state index in [9.17, 15) is 13.2 Å². The molecule has 16 heavy (non-hydrogen) atoms. The molecule has 3 N–H and O–H groups in total. The summed E-state index contributed by atoms with van der Waals surface area (Å²) in [4.78, 5) is 11.1. The Kier molecular flexibility index (Phi) is 5.01. The predicted octanol–water partition coefficient (Wildman–Crippen LogP) is -0.918. The topological polar surface area (TPSA) is 87.3 Å². The highest BCUT2D eigenvalue weighted by molar-refractivity contribution is 7.92. The normalized spacial score (nSPS) is 23.7. The second-order valence-electron chi connectivity index (χ2n) is 3.77. The molecular formula is C9H19N3O3S. The standard InChI is InChI=1S/C9H19N3O3S/c1-2-11-9(13)12-4-3-8-7-10-5-6-16(8,14)15/h8,10H,2-7H2,1H3,(H2,11,12,13). The van der Waals surface area contributed by atoms with Gasteiger partial charge in [0, 0.05) is 26.2 Å². The summed E-state index contributed by atoms with van der Waals surface area (Å²) in [6.07, 6.45) is 0.465. The third-order valence-corrected chi connectivity index (χ3v) is 4.72. The lowest BCUT2D eigenvalue weighted by atomic mass is 10.3. The smallest absolute Gasteiger partial charge is 0.314 e. The summed E-state index contributed by atoms with van der Waals surface area (Å²) in [5.74, 6) is 0.193. The van der Waals surface area contributed by atoms with E-state index in [1.807, 2.05) is 6.92 Å². The van der Waals surface area contributed by atoms with Crippen LogP contribution in [-0.4, -0.2) is 51.6 Å². The van der Waals surface area contributed by atoms with Crippen LogP contribution in [-0.2, 0) is 9.84 Å². The van der Waals surface area contributed by atoms with Crippen molar-refractivity contribution in [3.05, 3.63) is 0 Å². The average Bonchev–Trinajstić information content (AvgIpc) is 2.21. The van der Waals surface area contributed by atoms with Crippen molar-refractivity contribution in [2.24, 2.45) is 0 Å². The maximum atomic E-state index is 11.6. The lowest BCUT2D eigenvalue weighted by molar-refractivity contribution is 0.241. The highest BCUT2D eigenvalue weighted by atomic mass is 32.2. The summed E-state index contributed by atoms with van der Waals surface area (Å²) in [6.45, 7) is 3.80. The Morgan fingerprint density at radius 2 is 2.19 bits per heavy atom. The van der Waals surface area contributed by atoms with Gasteiger partial charge in [0.05, 0.1) is 11.0 Å². The van der Waals surface area contributed by atoms with Crippen LogP contribution in [0, 0.1) is 0 Å². The van der Waals surface area contributed by atoms with Gasteiger partial charge >= 0.3 is 6.03 Å². The van der Waals surface area contributed by atoms with Crippen molar-refractivity contribution < 1.29 is 13.2 Å². The van der Waals surface area contributed by atoms with E-state index in [4.69, 9.17) is 0 Å². The van der Waals surface area contributed by atoms with Crippen LogP contribution in [0.5, 0.6) is 0 Å². The van der Waals surface area contributed by atoms with Gasteiger partial charge in [0.1, 0.15) is 0 Å². The van der Waals surface area contributed by atoms with E-state index in [0.717, 1.165) is 0 Å². The van der Waals surface area contributed by atoms with Gasteiger partial charge in [-0.25, -0.2) is 13.2 Å². The minimum atomic E-state index is -2.97. The Bertz CT molecular complexity index is 329. The molecule has 1 atom stereocenters. The van der Waals surface area contributed by atoms with Crippen LogP contribution < -0.4 is 16.0 Å². The third-order valence-electron chi connectivity index (χ3n) is 2.53. The van der Waals surface area contributed by atoms with Crippen LogP contribution in [0.3, 0.4) is 0 Å². The molecule has 0 spiro atoms. The van der Waals surface area contributed by atoms with Crippen LogP contribution in [0.4, 0.5) is 4.79 Å². The number of hydrogen-bond acceptors (Lipinski definition) is 4. The second kappa shape index (κ2) is 6.05. The third kappa shape index (κ3) is 3.97. The molecule has 0 saturated carbocycles. The quantitative estimate of drug-likeness (QED) is 0.601. The van der Waals surface area contributed by atoms with Gasteiger partial charge in [-0.15, -0.1) is 0 Å². The largest absolute Gasteiger partial charge is 0.338 e. The van der Waals surface area contributed by atoms with Crippen LogP contribution in [0.2, 0.25) is 0 Å². The number of amides is 2. The van der Waals surface area contributed by atoms with E-state index in [0.29, 0.717) is 32.6 Å². The summed E-state index contributed by atoms with van der Waals surface area (Å²) in [5, 5.41) is 7.89. The molecule has 1 aliphatic heterocycles. The molecule has 94 valence electrons. The average molecular weight is 249 g/mol. The van der Waals surface area contributed by atoms with Crippen LogP contribution in [0.1, 0.15) is 13.3 Å². The highest BCUT2D eigenvalue weighted by Crippen LogP contribution is 2.09. The molecule has 7 heteroatoms. The number of carbonyl (C=O) groups excluding carboxylic acids is 1. The first kappa shape index (κ1) is 13.2. The summed E-state index contributed by atoms with van der Waals surface area (Å²) < 4.78 is 23.2.